The zero-order valence-electron chi connectivity index (χ0n) is 42.4. The number of nitro benzene ring substituents is 1. The molecule has 2 aliphatic heterocycles. The maximum absolute atomic E-state index is 13.7. The van der Waals surface area contributed by atoms with Gasteiger partial charge in [-0.3, -0.25) is 29.4 Å². The minimum absolute atomic E-state index is 0.0687. The summed E-state index contributed by atoms with van der Waals surface area (Å²) in [6.07, 6.45) is 1.65. The van der Waals surface area contributed by atoms with Crippen LogP contribution in [0.5, 0.6) is 0 Å². The van der Waals surface area contributed by atoms with Crippen molar-refractivity contribution >= 4 is 83.9 Å². The Morgan fingerprint density at radius 2 is 1.30 bits per heavy atom. The van der Waals surface area contributed by atoms with E-state index in [1.54, 1.807) is 66.4 Å². The third-order valence-electron chi connectivity index (χ3n) is 13.5. The van der Waals surface area contributed by atoms with Crippen molar-refractivity contribution in [3.8, 4) is 11.1 Å². The van der Waals surface area contributed by atoms with Gasteiger partial charge in [0.05, 0.1) is 20.6 Å². The number of aliphatic carboxylic acids is 1. The van der Waals surface area contributed by atoms with E-state index in [1.807, 2.05) is 66.4 Å². The SMILES string of the molecule is CN(C)CCC(CSc1ccccc1)Nc1ccc(S(=O)(=O)NC(=O)c2ccc(N3CCN(Cc4cc(C(=O)NS(=O)(=O)c5ccc(N6CCC(C(=O)O)CC6)cc5)ccc4-c4ccc(Cl)cc4)CC3)cc2)cc1[N+](=O)[O-]. The van der Waals surface area contributed by atoms with Gasteiger partial charge in [-0.15, -0.1) is 11.8 Å². The summed E-state index contributed by atoms with van der Waals surface area (Å²) < 4.78 is 58.3. The lowest BCUT2D eigenvalue weighted by Gasteiger charge is -2.36. The summed E-state index contributed by atoms with van der Waals surface area (Å²) in [6.45, 7) is 4.56. The van der Waals surface area contributed by atoms with Crippen molar-refractivity contribution in [2.75, 3.05) is 80.8 Å². The molecule has 2 heterocycles. The number of halogens is 1. The highest BCUT2D eigenvalue weighted by Crippen LogP contribution is 2.32. The Morgan fingerprint density at radius 3 is 1.91 bits per heavy atom. The van der Waals surface area contributed by atoms with E-state index >= 15 is 0 Å². The fourth-order valence-electron chi connectivity index (χ4n) is 9.20. The molecule has 404 valence electrons. The van der Waals surface area contributed by atoms with E-state index in [0.29, 0.717) is 82.4 Å². The number of benzene rings is 6. The fourth-order valence-corrected chi connectivity index (χ4v) is 12.3. The van der Waals surface area contributed by atoms with E-state index in [9.17, 15) is 46.4 Å². The van der Waals surface area contributed by atoms with Gasteiger partial charge in [-0.2, -0.15) is 0 Å². The smallest absolute Gasteiger partial charge is 0.306 e. The minimum Gasteiger partial charge on any atom is -0.481 e. The van der Waals surface area contributed by atoms with Crippen molar-refractivity contribution < 1.29 is 41.2 Å². The number of amides is 2. The number of carbonyl (C=O) groups excluding carboxylic acids is 2. The van der Waals surface area contributed by atoms with Gasteiger partial charge in [-0.25, -0.2) is 26.3 Å². The number of rotatable bonds is 21. The highest BCUT2D eigenvalue weighted by molar-refractivity contribution is 7.99. The number of carbonyl (C=O) groups is 3. The number of anilines is 3. The third-order valence-corrected chi connectivity index (χ3v) is 17.7. The molecule has 6 aromatic rings. The number of hydrogen-bond acceptors (Lipinski definition) is 15. The van der Waals surface area contributed by atoms with Gasteiger partial charge in [0.2, 0.25) is 0 Å². The monoisotopic (exact) mass is 1120 g/mol. The number of hydrogen-bond donors (Lipinski definition) is 4. The van der Waals surface area contributed by atoms with Gasteiger partial charge >= 0.3 is 5.97 Å². The van der Waals surface area contributed by atoms with E-state index in [2.05, 4.69) is 24.6 Å². The van der Waals surface area contributed by atoms with Gasteiger partial charge < -0.3 is 25.1 Å². The molecule has 77 heavy (non-hydrogen) atoms. The molecule has 4 N–H and O–H groups in total. The number of piperidine rings is 1. The Hall–Kier alpha value is -7.01. The van der Waals surface area contributed by atoms with Crippen LogP contribution in [0.25, 0.3) is 11.1 Å². The largest absolute Gasteiger partial charge is 0.481 e. The molecular formula is C55H59ClN8O10S3. The van der Waals surface area contributed by atoms with Crippen LogP contribution in [-0.2, 0) is 31.4 Å². The summed E-state index contributed by atoms with van der Waals surface area (Å²) in [5.74, 6) is -2.32. The summed E-state index contributed by atoms with van der Waals surface area (Å²) in [5.41, 5.74) is 3.97. The van der Waals surface area contributed by atoms with Crippen LogP contribution >= 0.6 is 23.4 Å². The van der Waals surface area contributed by atoms with Gasteiger partial charge in [0.25, 0.3) is 37.5 Å². The molecule has 0 aromatic heterocycles. The Labute approximate surface area is 457 Å². The normalized spacial score (nSPS) is 15.0. The van der Waals surface area contributed by atoms with Crippen LogP contribution in [0.1, 0.15) is 45.5 Å². The second kappa shape index (κ2) is 25.0. The average molecular weight is 1120 g/mol. The first-order valence-electron chi connectivity index (χ1n) is 24.9. The predicted molar refractivity (Wildman–Crippen MR) is 300 cm³/mol. The van der Waals surface area contributed by atoms with Crippen LogP contribution in [0, 0.1) is 16.0 Å². The molecule has 0 radical (unpaired) electrons. The zero-order chi connectivity index (χ0) is 54.9. The minimum atomic E-state index is -4.52. The van der Waals surface area contributed by atoms with Gasteiger partial charge in [0, 0.05) is 96.1 Å². The first kappa shape index (κ1) is 56.2. The van der Waals surface area contributed by atoms with Crippen molar-refractivity contribution in [1.29, 1.82) is 0 Å². The number of nitrogens with zero attached hydrogens (tertiary/aromatic N) is 5. The standard InChI is InChI=1S/C55H59ClN8O10S3/c1-60(2)27-26-44(37-75-47-6-4-3-5-7-47)57-51-23-21-49(35-52(51)64(69)70)77(73,74)58-53(65)39-10-15-45(16-11-39)63-32-30-61(31-33-63)36-42-34-41(12-22-50(42)38-8-13-43(56)14-9-38)54(66)59-76(71,72)48-19-17-46(18-20-48)62-28-24-40(25-29-62)55(67)68/h3-23,34-35,40,44,57H,24-33,36-37H2,1-2H3,(H,58,65)(H,59,66)(H,67,68). The highest BCUT2D eigenvalue weighted by Gasteiger charge is 2.28. The molecule has 1 unspecified atom stereocenters. The van der Waals surface area contributed by atoms with Crippen LogP contribution in [0.2, 0.25) is 5.02 Å². The maximum Gasteiger partial charge on any atom is 0.306 e. The van der Waals surface area contributed by atoms with Crippen LogP contribution < -0.4 is 24.6 Å². The van der Waals surface area contributed by atoms with Crippen LogP contribution in [0.4, 0.5) is 22.7 Å². The van der Waals surface area contributed by atoms with E-state index in [-0.39, 0.29) is 27.8 Å². The molecule has 22 heteroatoms. The number of nitrogens with one attached hydrogen (secondary N) is 3. The number of sulfonamides is 2. The fraction of sp³-hybridized carbons (Fsp3) is 0.291. The summed E-state index contributed by atoms with van der Waals surface area (Å²) in [6, 6.07) is 38.1. The van der Waals surface area contributed by atoms with Crippen molar-refractivity contribution in [1.82, 2.24) is 19.2 Å². The van der Waals surface area contributed by atoms with E-state index in [1.165, 1.54) is 36.4 Å². The summed E-state index contributed by atoms with van der Waals surface area (Å²) in [7, 11) is -4.91. The van der Waals surface area contributed by atoms with Crippen molar-refractivity contribution in [2.45, 2.75) is 46.5 Å². The second-order valence-electron chi connectivity index (χ2n) is 19.1. The molecule has 8 rings (SSSR count). The summed E-state index contributed by atoms with van der Waals surface area (Å²) >= 11 is 7.83. The number of nitro groups is 1. The van der Waals surface area contributed by atoms with Gasteiger partial charge in [0.15, 0.2) is 0 Å². The van der Waals surface area contributed by atoms with Crippen LogP contribution in [0.3, 0.4) is 0 Å². The molecule has 0 bridgehead atoms. The summed E-state index contributed by atoms with van der Waals surface area (Å²) in [5, 5.41) is 25.5. The van der Waals surface area contributed by atoms with Crippen molar-refractivity contribution in [2.24, 2.45) is 5.92 Å². The molecule has 2 saturated heterocycles. The number of carboxylic acids is 1. The molecule has 6 aromatic carbocycles. The lowest BCUT2D eigenvalue weighted by molar-refractivity contribution is -0.384. The number of thioether (sulfide) groups is 1. The first-order valence-corrected chi connectivity index (χ1v) is 29.2. The van der Waals surface area contributed by atoms with Crippen molar-refractivity contribution in [3.05, 3.63) is 171 Å². The predicted octanol–water partition coefficient (Wildman–Crippen LogP) is 8.30. The van der Waals surface area contributed by atoms with Gasteiger partial charge in [-0.05, 0) is 154 Å². The lowest BCUT2D eigenvalue weighted by Crippen LogP contribution is -2.46. The Bertz CT molecular complexity index is 3300. The molecule has 0 aliphatic carbocycles. The molecule has 2 fully saturated rings. The van der Waals surface area contributed by atoms with Gasteiger partial charge in [0.1, 0.15) is 5.69 Å². The Morgan fingerprint density at radius 1 is 0.727 bits per heavy atom. The quantitative estimate of drug-likeness (QED) is 0.0302. The van der Waals surface area contributed by atoms with E-state index < -0.39 is 59.3 Å². The Balaban J connectivity index is 0.885. The number of piperazine rings is 1. The van der Waals surface area contributed by atoms with Crippen molar-refractivity contribution in [3.63, 3.8) is 0 Å². The second-order valence-corrected chi connectivity index (χ2v) is 24.0. The molecule has 18 nitrogen and oxygen atoms in total. The molecule has 2 amide bonds. The van der Waals surface area contributed by atoms with E-state index in [0.717, 1.165) is 39.0 Å². The molecule has 0 spiro atoms. The highest BCUT2D eigenvalue weighted by atomic mass is 35.5. The summed E-state index contributed by atoms with van der Waals surface area (Å²) in [4.78, 5) is 59.0. The van der Waals surface area contributed by atoms with Crippen LogP contribution in [-0.4, -0.2) is 126 Å². The number of carboxylic acid groups (broad SMARTS) is 1. The molecular weight excluding hydrogens is 1060 g/mol. The molecule has 2 aliphatic rings. The molecule has 0 saturated carbocycles. The average Bonchev–Trinajstić information content (AvgIpc) is 3.42. The Kier molecular flexibility index (Phi) is 18.2. The molecule has 1 atom stereocenters. The van der Waals surface area contributed by atoms with Crippen LogP contribution in [0.15, 0.2) is 154 Å². The lowest BCUT2D eigenvalue weighted by atomic mass is 9.96. The zero-order valence-corrected chi connectivity index (χ0v) is 45.6. The third kappa shape index (κ3) is 14.7. The topological polar surface area (TPSA) is 232 Å². The first-order chi connectivity index (χ1) is 36.8. The maximum atomic E-state index is 13.7. The van der Waals surface area contributed by atoms with E-state index in [4.69, 9.17) is 11.6 Å². The van der Waals surface area contributed by atoms with Gasteiger partial charge in [-0.1, -0.05) is 48.0 Å².